The van der Waals surface area contributed by atoms with Gasteiger partial charge < -0.3 is 5.32 Å². The predicted molar refractivity (Wildman–Crippen MR) is 81.7 cm³/mol. The van der Waals surface area contributed by atoms with Crippen molar-refractivity contribution in [1.29, 1.82) is 0 Å². The van der Waals surface area contributed by atoms with Crippen LogP contribution in [0.3, 0.4) is 0 Å². The van der Waals surface area contributed by atoms with E-state index in [0.717, 1.165) is 24.2 Å². The zero-order chi connectivity index (χ0) is 17.3. The molecule has 4 nitrogen and oxygen atoms in total. The van der Waals surface area contributed by atoms with Gasteiger partial charge in [-0.3, -0.25) is 4.79 Å². The van der Waals surface area contributed by atoms with Crippen LogP contribution in [-0.2, 0) is 6.18 Å². The van der Waals surface area contributed by atoms with Gasteiger partial charge in [0, 0.05) is 17.0 Å². The Kier molecular flexibility index (Phi) is 4.45. The molecule has 1 aromatic carbocycles. The van der Waals surface area contributed by atoms with E-state index >= 15 is 0 Å². The molecule has 8 heteroatoms. The van der Waals surface area contributed by atoms with E-state index in [0.29, 0.717) is 11.4 Å². The summed E-state index contributed by atoms with van der Waals surface area (Å²) in [5.41, 5.74) is -0.788. The summed E-state index contributed by atoms with van der Waals surface area (Å²) in [4.78, 5) is 12.2. The fourth-order valence-corrected chi connectivity index (χ4v) is 2.88. The lowest BCUT2D eigenvalue weighted by atomic mass is 9.75. The molecule has 1 aliphatic rings. The van der Waals surface area contributed by atoms with Gasteiger partial charge in [0.2, 0.25) is 0 Å². The van der Waals surface area contributed by atoms with Crippen molar-refractivity contribution in [1.82, 2.24) is 15.5 Å². The third kappa shape index (κ3) is 3.36. The highest BCUT2D eigenvalue weighted by Crippen LogP contribution is 2.38. The van der Waals surface area contributed by atoms with Crippen LogP contribution in [0.2, 0.25) is 5.02 Å². The van der Waals surface area contributed by atoms with Crippen LogP contribution < -0.4 is 5.32 Å². The van der Waals surface area contributed by atoms with Crippen molar-refractivity contribution in [2.75, 3.05) is 0 Å². The molecule has 126 valence electrons. The maximum Gasteiger partial charge on any atom is 0.435 e. The van der Waals surface area contributed by atoms with Crippen molar-refractivity contribution in [3.05, 3.63) is 58.4 Å². The van der Waals surface area contributed by atoms with Crippen molar-refractivity contribution in [2.24, 2.45) is 0 Å². The first-order valence-corrected chi connectivity index (χ1v) is 7.69. The lowest BCUT2D eigenvalue weighted by molar-refractivity contribution is -0.142. The van der Waals surface area contributed by atoms with Gasteiger partial charge in [-0.15, -0.1) is 5.10 Å². The van der Waals surface area contributed by atoms with E-state index in [4.69, 9.17) is 11.6 Å². The predicted octanol–water partition coefficient (Wildman–Crippen LogP) is 3.82. The van der Waals surface area contributed by atoms with Crippen LogP contribution in [-0.4, -0.2) is 22.1 Å². The van der Waals surface area contributed by atoms with Gasteiger partial charge >= 0.3 is 6.18 Å². The molecule has 2 aromatic rings. The molecule has 1 N–H and O–H groups in total. The third-order valence-electron chi connectivity index (χ3n) is 4.12. The van der Waals surface area contributed by atoms with Crippen LogP contribution in [0.4, 0.5) is 13.2 Å². The number of nitrogens with one attached hydrogen (secondary N) is 1. The van der Waals surface area contributed by atoms with Crippen LogP contribution in [0.25, 0.3) is 0 Å². The number of aromatic nitrogens is 2. The second-order valence-corrected chi connectivity index (χ2v) is 6.04. The molecule has 0 saturated heterocycles. The van der Waals surface area contributed by atoms with Gasteiger partial charge in [-0.1, -0.05) is 23.7 Å². The topological polar surface area (TPSA) is 54.9 Å². The molecular formula is C16H13ClF3N3O. The van der Waals surface area contributed by atoms with Crippen molar-refractivity contribution >= 4 is 17.5 Å². The van der Waals surface area contributed by atoms with Gasteiger partial charge in [0.1, 0.15) is 0 Å². The average molecular weight is 356 g/mol. The minimum Gasteiger partial charge on any atom is -0.349 e. The molecule has 24 heavy (non-hydrogen) atoms. The van der Waals surface area contributed by atoms with Crippen molar-refractivity contribution in [3.8, 4) is 0 Å². The normalized spacial score (nSPS) is 20.3. The van der Waals surface area contributed by atoms with Crippen molar-refractivity contribution in [3.63, 3.8) is 0 Å². The number of amides is 1. The molecule has 1 aliphatic carbocycles. The first-order chi connectivity index (χ1) is 11.4. The lowest BCUT2D eigenvalue weighted by Gasteiger charge is -2.37. The van der Waals surface area contributed by atoms with E-state index < -0.39 is 23.3 Å². The van der Waals surface area contributed by atoms with Crippen LogP contribution >= 0.6 is 11.6 Å². The van der Waals surface area contributed by atoms with Gasteiger partial charge in [-0.25, -0.2) is 0 Å². The number of hydrogen-bond donors (Lipinski definition) is 1. The lowest BCUT2D eigenvalue weighted by Crippen LogP contribution is -2.45. The van der Waals surface area contributed by atoms with Crippen molar-refractivity contribution in [2.45, 2.75) is 31.0 Å². The van der Waals surface area contributed by atoms with E-state index in [1.54, 1.807) is 12.1 Å². The molecule has 1 heterocycles. The number of nitrogens with zero attached hydrogens (tertiary/aromatic N) is 2. The van der Waals surface area contributed by atoms with E-state index in [2.05, 4.69) is 15.5 Å². The Labute approximate surface area is 141 Å². The number of benzene rings is 1. The third-order valence-corrected chi connectivity index (χ3v) is 4.37. The Morgan fingerprint density at radius 1 is 1.17 bits per heavy atom. The summed E-state index contributed by atoms with van der Waals surface area (Å²) in [7, 11) is 0. The first-order valence-electron chi connectivity index (χ1n) is 7.31. The monoisotopic (exact) mass is 355 g/mol. The Morgan fingerprint density at radius 2 is 1.88 bits per heavy atom. The standard InChI is InChI=1S/C16H13ClF3N3O/c17-10-3-1-9(2-4-10)11-5-6-13(11)22-15(24)12-7-8-21-23-14(12)16(18,19)20/h1-4,7-8,11,13H,5-6H2,(H,22,24)/t11-,13-/m0/s1. The Morgan fingerprint density at radius 3 is 2.46 bits per heavy atom. The SMILES string of the molecule is O=C(N[C@H]1CC[C@H]1c1ccc(Cl)cc1)c1ccnnc1C(F)(F)F. The number of carbonyl (C=O) groups is 1. The highest BCUT2D eigenvalue weighted by Gasteiger charge is 2.39. The summed E-state index contributed by atoms with van der Waals surface area (Å²) in [6.07, 6.45) is -2.09. The smallest absolute Gasteiger partial charge is 0.349 e. The number of alkyl halides is 3. The second kappa shape index (κ2) is 6.39. The molecule has 2 atom stereocenters. The molecule has 0 unspecified atom stereocenters. The Bertz CT molecular complexity index is 749. The summed E-state index contributed by atoms with van der Waals surface area (Å²) >= 11 is 5.85. The van der Waals surface area contributed by atoms with E-state index in [1.807, 2.05) is 12.1 Å². The van der Waals surface area contributed by atoms with Crippen LogP contribution in [0.1, 0.15) is 40.4 Å². The minimum atomic E-state index is -4.73. The molecule has 0 radical (unpaired) electrons. The molecule has 0 spiro atoms. The van der Waals surface area contributed by atoms with Crippen LogP contribution in [0, 0.1) is 0 Å². The molecule has 0 bridgehead atoms. The molecule has 1 fully saturated rings. The maximum atomic E-state index is 12.9. The maximum absolute atomic E-state index is 12.9. The number of hydrogen-bond acceptors (Lipinski definition) is 3. The Balaban J connectivity index is 1.75. The molecule has 3 rings (SSSR count). The van der Waals surface area contributed by atoms with E-state index in [1.165, 1.54) is 0 Å². The van der Waals surface area contributed by atoms with Gasteiger partial charge in [-0.05, 0) is 36.6 Å². The average Bonchev–Trinajstić information content (AvgIpc) is 2.52. The zero-order valence-corrected chi connectivity index (χ0v) is 13.1. The van der Waals surface area contributed by atoms with Crippen LogP contribution in [0.5, 0.6) is 0 Å². The number of carbonyl (C=O) groups excluding carboxylic acids is 1. The zero-order valence-electron chi connectivity index (χ0n) is 12.3. The fraction of sp³-hybridized carbons (Fsp3) is 0.312. The largest absolute Gasteiger partial charge is 0.435 e. The van der Waals surface area contributed by atoms with Gasteiger partial charge in [0.25, 0.3) is 5.91 Å². The second-order valence-electron chi connectivity index (χ2n) is 5.61. The Hall–Kier alpha value is -2.15. The van der Waals surface area contributed by atoms with Gasteiger partial charge in [0.05, 0.1) is 11.8 Å². The molecule has 1 amide bonds. The summed E-state index contributed by atoms with van der Waals surface area (Å²) < 4.78 is 38.8. The summed E-state index contributed by atoms with van der Waals surface area (Å²) in [6.45, 7) is 0. The van der Waals surface area contributed by atoms with E-state index in [9.17, 15) is 18.0 Å². The van der Waals surface area contributed by atoms with E-state index in [-0.39, 0.29) is 12.0 Å². The molecule has 1 saturated carbocycles. The molecule has 0 aliphatic heterocycles. The number of halogens is 4. The number of rotatable bonds is 3. The first kappa shape index (κ1) is 16.7. The van der Waals surface area contributed by atoms with Crippen LogP contribution in [0.15, 0.2) is 36.5 Å². The quantitative estimate of drug-likeness (QED) is 0.910. The fourth-order valence-electron chi connectivity index (χ4n) is 2.75. The summed E-state index contributed by atoms with van der Waals surface area (Å²) in [5, 5.41) is 9.55. The highest BCUT2D eigenvalue weighted by molar-refractivity contribution is 6.30. The van der Waals surface area contributed by atoms with Crippen molar-refractivity contribution < 1.29 is 18.0 Å². The molecule has 1 aromatic heterocycles. The highest BCUT2D eigenvalue weighted by atomic mass is 35.5. The summed E-state index contributed by atoms with van der Waals surface area (Å²) in [6, 6.07) is 8.04. The minimum absolute atomic E-state index is 0.0651. The summed E-state index contributed by atoms with van der Waals surface area (Å²) in [5.74, 6) is -0.726. The van der Waals surface area contributed by atoms with Gasteiger partial charge in [0.15, 0.2) is 5.69 Å². The molecular weight excluding hydrogens is 343 g/mol. The van der Waals surface area contributed by atoms with Gasteiger partial charge in [-0.2, -0.15) is 18.3 Å².